The Kier molecular flexibility index (Phi) is 4.50. The third-order valence-corrected chi connectivity index (χ3v) is 7.71. The van der Waals surface area contributed by atoms with Gasteiger partial charge in [-0.1, -0.05) is 18.2 Å². The summed E-state index contributed by atoms with van der Waals surface area (Å²) in [5.74, 6) is -2.68. The van der Waals surface area contributed by atoms with Crippen LogP contribution in [-0.2, 0) is 31.3 Å². The molecule has 0 aliphatic carbocycles. The Morgan fingerprint density at radius 1 is 1.11 bits per heavy atom. The molecule has 4 aliphatic rings. The number of nitrogens with two attached hydrogens (primary N) is 1. The predicted octanol–water partition coefficient (Wildman–Crippen LogP) is 0.828. The van der Waals surface area contributed by atoms with Crippen LogP contribution in [0.5, 0.6) is 11.5 Å². The van der Waals surface area contributed by atoms with Crippen LogP contribution in [0.15, 0.2) is 30.3 Å². The number of imide groups is 1. The van der Waals surface area contributed by atoms with Crippen molar-refractivity contribution < 1.29 is 28.7 Å². The van der Waals surface area contributed by atoms with E-state index in [1.807, 2.05) is 26.0 Å². The summed E-state index contributed by atoms with van der Waals surface area (Å²) < 4.78 is 10.8. The molecular weight excluding hydrogens is 452 g/mol. The van der Waals surface area contributed by atoms with E-state index in [-0.39, 0.29) is 19.8 Å². The van der Waals surface area contributed by atoms with Gasteiger partial charge in [0.2, 0.25) is 30.4 Å². The number of anilines is 1. The van der Waals surface area contributed by atoms with E-state index >= 15 is 0 Å². The van der Waals surface area contributed by atoms with Crippen molar-refractivity contribution in [1.29, 1.82) is 0 Å². The molecule has 10 nitrogen and oxygen atoms in total. The van der Waals surface area contributed by atoms with Crippen molar-refractivity contribution in [3.63, 3.8) is 0 Å². The van der Waals surface area contributed by atoms with E-state index < -0.39 is 47.0 Å². The fourth-order valence-corrected chi connectivity index (χ4v) is 5.95. The number of carbonyl (C=O) groups excluding carboxylic acids is 4. The number of primary amides is 1. The van der Waals surface area contributed by atoms with Crippen molar-refractivity contribution >= 4 is 29.3 Å². The first-order chi connectivity index (χ1) is 16.7. The smallest absolute Gasteiger partial charge is 0.250 e. The molecule has 6 rings (SSSR count). The molecule has 2 saturated heterocycles. The van der Waals surface area contributed by atoms with Crippen LogP contribution in [0.4, 0.5) is 5.69 Å². The molecule has 4 aliphatic heterocycles. The number of likely N-dealkylation sites (tertiary alicyclic amines) is 1. The number of nitrogens with one attached hydrogen (secondary N) is 2. The molecule has 10 heteroatoms. The number of benzene rings is 2. The Bertz CT molecular complexity index is 1340. The van der Waals surface area contributed by atoms with E-state index in [1.165, 1.54) is 4.90 Å². The number of amides is 4. The van der Waals surface area contributed by atoms with Crippen molar-refractivity contribution in [2.24, 2.45) is 17.6 Å². The van der Waals surface area contributed by atoms with Gasteiger partial charge in [-0.15, -0.1) is 0 Å². The molecule has 4 heterocycles. The van der Waals surface area contributed by atoms with E-state index in [1.54, 1.807) is 18.2 Å². The minimum absolute atomic E-state index is 0.0160. The molecule has 4 amide bonds. The quantitative estimate of drug-likeness (QED) is 0.555. The van der Waals surface area contributed by atoms with E-state index in [2.05, 4.69) is 10.6 Å². The first-order valence-electron chi connectivity index (χ1n) is 11.4. The van der Waals surface area contributed by atoms with Gasteiger partial charge in [0.15, 0.2) is 11.5 Å². The minimum atomic E-state index is -1.46. The molecule has 4 atom stereocenters. The minimum Gasteiger partial charge on any atom is -0.454 e. The van der Waals surface area contributed by atoms with Crippen LogP contribution in [0.3, 0.4) is 0 Å². The number of hydrogen-bond acceptors (Lipinski definition) is 7. The second-order valence-corrected chi connectivity index (χ2v) is 9.57. The summed E-state index contributed by atoms with van der Waals surface area (Å²) in [5.41, 5.74) is 7.83. The number of carbonyl (C=O) groups is 4. The average Bonchev–Trinajstić information content (AvgIpc) is 3.53. The maximum Gasteiger partial charge on any atom is 0.250 e. The van der Waals surface area contributed by atoms with E-state index in [4.69, 9.17) is 15.2 Å². The Hall–Kier alpha value is -3.92. The van der Waals surface area contributed by atoms with Gasteiger partial charge in [0.25, 0.3) is 0 Å². The van der Waals surface area contributed by atoms with Crippen LogP contribution < -0.4 is 25.8 Å². The summed E-state index contributed by atoms with van der Waals surface area (Å²) in [6.45, 7) is 3.96. The molecule has 180 valence electrons. The highest BCUT2D eigenvalue weighted by molar-refractivity contribution is 6.15. The zero-order chi connectivity index (χ0) is 24.6. The summed E-state index contributed by atoms with van der Waals surface area (Å²) in [7, 11) is 0. The lowest BCUT2D eigenvalue weighted by molar-refractivity contribution is -0.143. The second kappa shape index (κ2) is 7.29. The first-order valence-corrected chi connectivity index (χ1v) is 11.4. The number of nitrogens with zero attached hydrogens (tertiary/aromatic N) is 1. The van der Waals surface area contributed by atoms with E-state index in [9.17, 15) is 19.2 Å². The van der Waals surface area contributed by atoms with Gasteiger partial charge in [-0.2, -0.15) is 0 Å². The van der Waals surface area contributed by atoms with Gasteiger partial charge < -0.3 is 20.5 Å². The summed E-state index contributed by atoms with van der Waals surface area (Å²) in [4.78, 5) is 54.1. The summed E-state index contributed by atoms with van der Waals surface area (Å²) in [6.07, 6.45) is -0.173. The van der Waals surface area contributed by atoms with Crippen LogP contribution in [0.25, 0.3) is 0 Å². The van der Waals surface area contributed by atoms with Gasteiger partial charge in [-0.3, -0.25) is 29.4 Å². The Balaban J connectivity index is 1.43. The molecule has 4 N–H and O–H groups in total. The van der Waals surface area contributed by atoms with Gasteiger partial charge in [0, 0.05) is 23.7 Å². The average molecular weight is 476 g/mol. The monoisotopic (exact) mass is 476 g/mol. The number of aryl methyl sites for hydroxylation is 1. The van der Waals surface area contributed by atoms with Crippen LogP contribution in [0, 0.1) is 25.7 Å². The number of rotatable bonds is 4. The lowest BCUT2D eigenvalue weighted by Crippen LogP contribution is -2.53. The summed E-state index contributed by atoms with van der Waals surface area (Å²) >= 11 is 0. The lowest BCUT2D eigenvalue weighted by Gasteiger charge is -2.29. The van der Waals surface area contributed by atoms with Crippen LogP contribution in [0.2, 0.25) is 0 Å². The lowest BCUT2D eigenvalue weighted by atomic mass is 9.76. The molecule has 2 aromatic rings. The van der Waals surface area contributed by atoms with Crippen LogP contribution in [0.1, 0.15) is 28.7 Å². The number of ether oxygens (including phenoxy) is 2. The molecule has 1 spiro atoms. The molecule has 2 fully saturated rings. The van der Waals surface area contributed by atoms with Crippen molar-refractivity contribution in [2.75, 3.05) is 12.1 Å². The van der Waals surface area contributed by atoms with E-state index in [0.717, 1.165) is 11.1 Å². The summed E-state index contributed by atoms with van der Waals surface area (Å²) in [6, 6.07) is 8.17. The molecule has 0 bridgehead atoms. The third kappa shape index (κ3) is 2.86. The van der Waals surface area contributed by atoms with Gasteiger partial charge >= 0.3 is 0 Å². The Labute approximate surface area is 200 Å². The molecular formula is C25H24N4O6. The van der Waals surface area contributed by atoms with Gasteiger partial charge in [0.05, 0.1) is 18.4 Å². The highest BCUT2D eigenvalue weighted by Crippen LogP contribution is 2.54. The SMILES string of the molecule is Cc1ccc2c(c1C)NC(=O)C21NC(CC(N)=O)[C@H]2C(=O)N(Cc3ccc4c(c3)OCO4)C(=O)[C@H]21. The topological polar surface area (TPSA) is 140 Å². The first kappa shape index (κ1) is 21.6. The van der Waals surface area contributed by atoms with Crippen LogP contribution >= 0.6 is 0 Å². The van der Waals surface area contributed by atoms with Crippen molar-refractivity contribution in [3.8, 4) is 11.5 Å². The number of fused-ring (bicyclic) bond motifs is 5. The predicted molar refractivity (Wildman–Crippen MR) is 122 cm³/mol. The summed E-state index contributed by atoms with van der Waals surface area (Å²) in [5, 5.41) is 6.14. The maximum absolute atomic E-state index is 13.8. The number of hydrogen-bond donors (Lipinski definition) is 3. The highest BCUT2D eigenvalue weighted by atomic mass is 16.7. The molecule has 35 heavy (non-hydrogen) atoms. The fourth-order valence-electron chi connectivity index (χ4n) is 5.95. The molecule has 2 aromatic carbocycles. The molecule has 0 radical (unpaired) electrons. The van der Waals surface area contributed by atoms with Crippen molar-refractivity contribution in [1.82, 2.24) is 10.2 Å². The van der Waals surface area contributed by atoms with Gasteiger partial charge in [-0.05, 0) is 42.7 Å². The fraction of sp³-hybridized carbons (Fsp3) is 0.360. The standard InChI is InChI=1S/C25H24N4O6/c1-11-3-5-14-21(12(11)2)27-24(33)25(14)20-19(15(28-25)8-18(26)30)22(31)29(23(20)32)9-13-4-6-16-17(7-13)35-10-34-16/h3-7,15,19-20,28H,8-10H2,1-2H3,(H2,26,30)(H,27,33)/t15?,19-,20+,25?/m1/s1. The Morgan fingerprint density at radius 3 is 2.66 bits per heavy atom. The Morgan fingerprint density at radius 2 is 1.89 bits per heavy atom. The largest absolute Gasteiger partial charge is 0.454 e. The normalized spacial score (nSPS) is 28.0. The van der Waals surface area contributed by atoms with Gasteiger partial charge in [0.1, 0.15) is 5.54 Å². The van der Waals surface area contributed by atoms with Crippen LogP contribution in [-0.4, -0.2) is 41.4 Å². The molecule has 0 saturated carbocycles. The van der Waals surface area contributed by atoms with Crippen molar-refractivity contribution in [2.45, 2.75) is 38.4 Å². The zero-order valence-corrected chi connectivity index (χ0v) is 19.2. The second-order valence-electron chi connectivity index (χ2n) is 9.57. The van der Waals surface area contributed by atoms with Gasteiger partial charge in [-0.25, -0.2) is 0 Å². The maximum atomic E-state index is 13.8. The zero-order valence-electron chi connectivity index (χ0n) is 19.2. The third-order valence-electron chi connectivity index (χ3n) is 7.71. The molecule has 0 aromatic heterocycles. The highest BCUT2D eigenvalue weighted by Gasteiger charge is 2.70. The van der Waals surface area contributed by atoms with E-state index in [0.29, 0.717) is 28.3 Å². The van der Waals surface area contributed by atoms with Crippen molar-refractivity contribution in [3.05, 3.63) is 52.6 Å². The molecule has 2 unspecified atom stereocenters.